The van der Waals surface area contributed by atoms with Crippen molar-refractivity contribution in [2.24, 2.45) is 5.73 Å². The standard InChI is InChI=1S/C12H19N3S/c1-10-9-15(6-7-16-10)12-3-2-11(4-5-13)8-14-12/h2-3,8,10H,4-7,9,13H2,1H3. The molecule has 0 radical (unpaired) electrons. The number of thioether (sulfide) groups is 1. The molecule has 0 aliphatic carbocycles. The fourth-order valence-electron chi connectivity index (χ4n) is 1.94. The van der Waals surface area contributed by atoms with Gasteiger partial charge in [0.1, 0.15) is 5.82 Å². The number of hydrogen-bond acceptors (Lipinski definition) is 4. The van der Waals surface area contributed by atoms with Crippen LogP contribution in [0.15, 0.2) is 18.3 Å². The van der Waals surface area contributed by atoms with Gasteiger partial charge < -0.3 is 10.6 Å². The van der Waals surface area contributed by atoms with Crippen LogP contribution in [0, 0.1) is 0 Å². The Balaban J connectivity index is 2.03. The summed E-state index contributed by atoms with van der Waals surface area (Å²) < 4.78 is 0. The first-order valence-corrected chi connectivity index (χ1v) is 6.86. The lowest BCUT2D eigenvalue weighted by Gasteiger charge is -2.31. The lowest BCUT2D eigenvalue weighted by Crippen LogP contribution is -2.37. The smallest absolute Gasteiger partial charge is 0.128 e. The first-order chi connectivity index (χ1) is 7.79. The van der Waals surface area contributed by atoms with Gasteiger partial charge in [-0.15, -0.1) is 0 Å². The molecular weight excluding hydrogens is 218 g/mol. The lowest BCUT2D eigenvalue weighted by atomic mass is 10.2. The summed E-state index contributed by atoms with van der Waals surface area (Å²) in [5, 5.41) is 0.708. The highest BCUT2D eigenvalue weighted by Gasteiger charge is 2.17. The van der Waals surface area contributed by atoms with Gasteiger partial charge in [0.05, 0.1) is 0 Å². The largest absolute Gasteiger partial charge is 0.355 e. The van der Waals surface area contributed by atoms with Crippen LogP contribution in [0.25, 0.3) is 0 Å². The Hall–Kier alpha value is -0.740. The van der Waals surface area contributed by atoms with Crippen LogP contribution < -0.4 is 10.6 Å². The van der Waals surface area contributed by atoms with E-state index in [-0.39, 0.29) is 0 Å². The Morgan fingerprint density at radius 3 is 3.06 bits per heavy atom. The van der Waals surface area contributed by atoms with E-state index < -0.39 is 0 Å². The zero-order valence-corrected chi connectivity index (χ0v) is 10.5. The van der Waals surface area contributed by atoms with Crippen LogP contribution in [0.5, 0.6) is 0 Å². The summed E-state index contributed by atoms with van der Waals surface area (Å²) in [5.74, 6) is 2.31. The molecule has 2 heterocycles. The molecule has 1 aliphatic heterocycles. The maximum Gasteiger partial charge on any atom is 0.128 e. The minimum atomic E-state index is 0.693. The molecule has 1 aromatic rings. The number of nitrogens with two attached hydrogens (primary N) is 1. The number of pyridine rings is 1. The first-order valence-electron chi connectivity index (χ1n) is 5.81. The van der Waals surface area contributed by atoms with E-state index in [4.69, 9.17) is 5.73 Å². The monoisotopic (exact) mass is 237 g/mol. The van der Waals surface area contributed by atoms with Crippen molar-refractivity contribution in [3.8, 4) is 0 Å². The Bertz CT molecular complexity index is 326. The molecule has 16 heavy (non-hydrogen) atoms. The highest BCUT2D eigenvalue weighted by Crippen LogP contribution is 2.22. The molecule has 4 heteroatoms. The van der Waals surface area contributed by atoms with Gasteiger partial charge in [-0.05, 0) is 24.6 Å². The zero-order chi connectivity index (χ0) is 11.4. The zero-order valence-electron chi connectivity index (χ0n) is 9.72. The summed E-state index contributed by atoms with van der Waals surface area (Å²) in [6.07, 6.45) is 2.87. The van der Waals surface area contributed by atoms with E-state index in [1.54, 1.807) is 0 Å². The van der Waals surface area contributed by atoms with Gasteiger partial charge >= 0.3 is 0 Å². The summed E-state index contributed by atoms with van der Waals surface area (Å²) in [4.78, 5) is 6.88. The van der Waals surface area contributed by atoms with Gasteiger partial charge in [-0.3, -0.25) is 0 Å². The third-order valence-corrected chi connectivity index (χ3v) is 3.94. The highest BCUT2D eigenvalue weighted by molar-refractivity contribution is 8.00. The van der Waals surface area contributed by atoms with E-state index in [0.29, 0.717) is 11.8 Å². The van der Waals surface area contributed by atoms with Crippen LogP contribution in [0.3, 0.4) is 0 Å². The molecule has 0 spiro atoms. The molecule has 1 aromatic heterocycles. The maximum atomic E-state index is 5.52. The summed E-state index contributed by atoms with van der Waals surface area (Å²) >= 11 is 2.04. The van der Waals surface area contributed by atoms with Gasteiger partial charge in [-0.1, -0.05) is 13.0 Å². The molecule has 88 valence electrons. The summed E-state index contributed by atoms with van der Waals surface area (Å²) in [6, 6.07) is 4.26. The molecule has 0 bridgehead atoms. The quantitative estimate of drug-likeness (QED) is 0.865. The Morgan fingerprint density at radius 2 is 2.44 bits per heavy atom. The van der Waals surface area contributed by atoms with E-state index in [0.717, 1.165) is 25.3 Å². The summed E-state index contributed by atoms with van der Waals surface area (Å²) in [7, 11) is 0. The van der Waals surface area contributed by atoms with Crippen LogP contribution in [0.4, 0.5) is 5.82 Å². The van der Waals surface area contributed by atoms with Crippen LogP contribution in [-0.2, 0) is 6.42 Å². The predicted molar refractivity (Wildman–Crippen MR) is 71.1 cm³/mol. The number of nitrogens with zero attached hydrogens (tertiary/aromatic N) is 2. The summed E-state index contributed by atoms with van der Waals surface area (Å²) in [6.45, 7) is 5.18. The van der Waals surface area contributed by atoms with Crippen molar-refractivity contribution in [3.05, 3.63) is 23.9 Å². The van der Waals surface area contributed by atoms with Gasteiger partial charge in [0.2, 0.25) is 0 Å². The molecule has 1 unspecified atom stereocenters. The summed E-state index contributed by atoms with van der Waals surface area (Å²) in [5.41, 5.74) is 6.75. The van der Waals surface area contributed by atoms with Crippen molar-refractivity contribution in [2.45, 2.75) is 18.6 Å². The predicted octanol–water partition coefficient (Wildman–Crippen LogP) is 1.52. The fraction of sp³-hybridized carbons (Fsp3) is 0.583. The molecule has 3 nitrogen and oxygen atoms in total. The molecule has 1 fully saturated rings. The third-order valence-electron chi connectivity index (χ3n) is 2.81. The molecule has 1 aliphatic rings. The lowest BCUT2D eigenvalue weighted by molar-refractivity contribution is 0.769. The second-order valence-corrected chi connectivity index (χ2v) is 5.74. The van der Waals surface area contributed by atoms with E-state index in [1.807, 2.05) is 18.0 Å². The Labute approximate surface area is 101 Å². The van der Waals surface area contributed by atoms with Crippen molar-refractivity contribution in [2.75, 3.05) is 30.3 Å². The second-order valence-electron chi connectivity index (χ2n) is 4.19. The maximum absolute atomic E-state index is 5.52. The van der Waals surface area contributed by atoms with Crippen LogP contribution in [0.1, 0.15) is 12.5 Å². The van der Waals surface area contributed by atoms with Gasteiger partial charge in [-0.25, -0.2) is 4.98 Å². The normalized spacial score (nSPS) is 21.1. The number of anilines is 1. The van der Waals surface area contributed by atoms with Gasteiger partial charge in [0.15, 0.2) is 0 Å². The van der Waals surface area contributed by atoms with E-state index in [9.17, 15) is 0 Å². The second kappa shape index (κ2) is 5.55. The van der Waals surface area contributed by atoms with Gasteiger partial charge in [0, 0.05) is 30.3 Å². The van der Waals surface area contributed by atoms with Crippen LogP contribution >= 0.6 is 11.8 Å². The van der Waals surface area contributed by atoms with Gasteiger partial charge in [-0.2, -0.15) is 11.8 Å². The van der Waals surface area contributed by atoms with Crippen LogP contribution in [0.2, 0.25) is 0 Å². The number of aromatic nitrogens is 1. The minimum absolute atomic E-state index is 0.693. The Kier molecular flexibility index (Phi) is 4.07. The van der Waals surface area contributed by atoms with Crippen molar-refractivity contribution in [1.82, 2.24) is 4.98 Å². The fourth-order valence-corrected chi connectivity index (χ4v) is 2.96. The topological polar surface area (TPSA) is 42.1 Å². The molecule has 1 atom stereocenters. The SMILES string of the molecule is CC1CN(c2ccc(CCN)cn2)CCS1. The van der Waals surface area contributed by atoms with Crippen molar-refractivity contribution >= 4 is 17.6 Å². The molecule has 0 saturated carbocycles. The van der Waals surface area contributed by atoms with Crippen molar-refractivity contribution in [1.29, 1.82) is 0 Å². The van der Waals surface area contributed by atoms with Crippen LogP contribution in [-0.4, -0.2) is 35.6 Å². The molecular formula is C12H19N3S. The van der Waals surface area contributed by atoms with Gasteiger partial charge in [0.25, 0.3) is 0 Å². The Morgan fingerprint density at radius 1 is 1.56 bits per heavy atom. The average Bonchev–Trinajstić information content (AvgIpc) is 2.30. The third kappa shape index (κ3) is 2.89. The molecule has 1 saturated heterocycles. The van der Waals surface area contributed by atoms with Crippen molar-refractivity contribution in [3.63, 3.8) is 0 Å². The molecule has 2 rings (SSSR count). The van der Waals surface area contributed by atoms with E-state index in [1.165, 1.54) is 11.3 Å². The molecule has 2 N–H and O–H groups in total. The average molecular weight is 237 g/mol. The number of rotatable bonds is 3. The molecule has 0 aromatic carbocycles. The van der Waals surface area contributed by atoms with E-state index >= 15 is 0 Å². The number of hydrogen-bond donors (Lipinski definition) is 1. The minimum Gasteiger partial charge on any atom is -0.355 e. The van der Waals surface area contributed by atoms with Crippen molar-refractivity contribution < 1.29 is 0 Å². The van der Waals surface area contributed by atoms with E-state index in [2.05, 4.69) is 28.9 Å². The molecule has 0 amide bonds. The first kappa shape index (κ1) is 11.7. The highest BCUT2D eigenvalue weighted by atomic mass is 32.2.